The number of carbonyl (C=O) groups is 3. The van der Waals surface area contributed by atoms with Crippen molar-refractivity contribution in [3.8, 4) is 11.6 Å². The normalized spacial score (nSPS) is 16.2. The van der Waals surface area contributed by atoms with Gasteiger partial charge in [0.1, 0.15) is 22.6 Å². The Morgan fingerprint density at radius 1 is 1.02 bits per heavy atom. The lowest BCUT2D eigenvalue weighted by molar-refractivity contribution is -0.122. The molecule has 5 N–H and O–H groups in total. The maximum absolute atomic E-state index is 12.7. The Balaban J connectivity index is 1.52. The van der Waals surface area contributed by atoms with Gasteiger partial charge in [-0.05, 0) is 55.8 Å². The van der Waals surface area contributed by atoms with Gasteiger partial charge in [-0.25, -0.2) is 14.6 Å². The summed E-state index contributed by atoms with van der Waals surface area (Å²) in [5, 5.41) is 15.0. The summed E-state index contributed by atoms with van der Waals surface area (Å²) in [6.45, 7) is 4.22. The summed E-state index contributed by atoms with van der Waals surface area (Å²) in [7, 11) is 0. The van der Waals surface area contributed by atoms with Crippen LogP contribution in [0.4, 0.5) is 5.69 Å². The van der Waals surface area contributed by atoms with E-state index in [0.717, 1.165) is 11.8 Å². The lowest BCUT2D eigenvalue weighted by Gasteiger charge is -2.15. The monoisotopic (exact) mass is 581 g/mol. The van der Waals surface area contributed by atoms with Crippen LogP contribution >= 0.6 is 11.8 Å². The number of benzene rings is 2. The number of esters is 1. The van der Waals surface area contributed by atoms with Crippen molar-refractivity contribution in [3.63, 3.8) is 0 Å². The van der Waals surface area contributed by atoms with Gasteiger partial charge in [-0.2, -0.15) is 0 Å². The van der Waals surface area contributed by atoms with Crippen molar-refractivity contribution in [2.75, 3.05) is 18.5 Å². The van der Waals surface area contributed by atoms with Crippen molar-refractivity contribution in [1.82, 2.24) is 15.3 Å². The second-order valence-electron chi connectivity index (χ2n) is 8.66. The van der Waals surface area contributed by atoms with Crippen LogP contribution in [-0.2, 0) is 14.3 Å². The fourth-order valence-corrected chi connectivity index (χ4v) is 4.95. The third-order valence-electron chi connectivity index (χ3n) is 5.81. The third kappa shape index (κ3) is 7.22. The number of nitrogens with one attached hydrogen (secondary N) is 4. The Labute approximate surface area is 237 Å². The molecule has 1 aliphatic rings. The lowest BCUT2D eigenvalue weighted by Crippen LogP contribution is -2.29. The lowest BCUT2D eigenvalue weighted by atomic mass is 10.0. The van der Waals surface area contributed by atoms with Crippen molar-refractivity contribution in [1.29, 1.82) is 0 Å². The van der Waals surface area contributed by atoms with E-state index in [1.54, 1.807) is 43.3 Å². The van der Waals surface area contributed by atoms with E-state index in [0.29, 0.717) is 29.2 Å². The number of carbonyl (C=O) groups excluding carboxylic acids is 3. The largest absolute Gasteiger partial charge is 0.494 e. The predicted octanol–water partition coefficient (Wildman–Crippen LogP) is 2.05. The molecule has 41 heavy (non-hydrogen) atoms. The Morgan fingerprint density at radius 3 is 2.37 bits per heavy atom. The topological polar surface area (TPSA) is 192 Å². The molecule has 214 valence electrons. The number of amides is 2. The number of rotatable bonds is 10. The summed E-state index contributed by atoms with van der Waals surface area (Å²) >= 11 is 0.990. The van der Waals surface area contributed by atoms with E-state index in [4.69, 9.17) is 9.47 Å². The molecule has 4 rings (SSSR count). The van der Waals surface area contributed by atoms with Crippen molar-refractivity contribution in [2.24, 2.45) is 4.99 Å². The number of aromatic amines is 2. The number of H-pyrrole nitrogens is 2. The number of hydrogen-bond donors (Lipinski definition) is 5. The molecule has 3 aromatic rings. The molecule has 2 unspecified atom stereocenters. The molecule has 2 heterocycles. The predicted molar refractivity (Wildman–Crippen MR) is 151 cm³/mol. The van der Waals surface area contributed by atoms with Crippen LogP contribution in [0.15, 0.2) is 63.1 Å². The quantitative estimate of drug-likeness (QED) is 0.223. The van der Waals surface area contributed by atoms with E-state index >= 15 is 0 Å². The van der Waals surface area contributed by atoms with Crippen LogP contribution in [0.2, 0.25) is 0 Å². The molecule has 14 heteroatoms. The van der Waals surface area contributed by atoms with Gasteiger partial charge in [-0.15, -0.1) is 0 Å². The molecule has 1 aromatic heterocycles. The van der Waals surface area contributed by atoms with Gasteiger partial charge in [-0.3, -0.25) is 24.4 Å². The first-order valence-electron chi connectivity index (χ1n) is 12.6. The smallest absolute Gasteiger partial charge is 0.338 e. The number of aliphatic imine (C=N–C) groups is 1. The summed E-state index contributed by atoms with van der Waals surface area (Å²) < 4.78 is 10.4. The Kier molecular flexibility index (Phi) is 9.24. The van der Waals surface area contributed by atoms with Crippen LogP contribution in [0, 0.1) is 0 Å². The average molecular weight is 582 g/mol. The van der Waals surface area contributed by atoms with Crippen molar-refractivity contribution < 1.29 is 29.0 Å². The maximum Gasteiger partial charge on any atom is 0.338 e. The number of amidine groups is 1. The van der Waals surface area contributed by atoms with Crippen molar-refractivity contribution >= 4 is 40.4 Å². The molecule has 1 fully saturated rings. The molecule has 0 aliphatic carbocycles. The summed E-state index contributed by atoms with van der Waals surface area (Å²) in [5.41, 5.74) is -0.734. The fraction of sp³-hybridized carbons (Fsp3) is 0.259. The zero-order chi connectivity index (χ0) is 29.5. The Hall–Kier alpha value is -4.85. The van der Waals surface area contributed by atoms with E-state index in [1.807, 2.05) is 6.92 Å². The van der Waals surface area contributed by atoms with Gasteiger partial charge >= 0.3 is 11.7 Å². The molecule has 0 saturated carbocycles. The highest BCUT2D eigenvalue weighted by Gasteiger charge is 2.34. The summed E-state index contributed by atoms with van der Waals surface area (Å²) in [6, 6.07) is 11.6. The summed E-state index contributed by atoms with van der Waals surface area (Å²) in [4.78, 5) is 70.2. The highest BCUT2D eigenvalue weighted by Crippen LogP contribution is 2.32. The van der Waals surface area contributed by atoms with E-state index < -0.39 is 46.2 Å². The second kappa shape index (κ2) is 13.0. The molecule has 1 aliphatic heterocycles. The van der Waals surface area contributed by atoms with E-state index in [2.05, 4.69) is 25.6 Å². The highest BCUT2D eigenvalue weighted by atomic mass is 32.2. The van der Waals surface area contributed by atoms with Crippen LogP contribution < -0.4 is 26.6 Å². The molecule has 2 atom stereocenters. The molecule has 1 saturated heterocycles. The average Bonchev–Trinajstić information content (AvgIpc) is 3.26. The Morgan fingerprint density at radius 2 is 1.73 bits per heavy atom. The second-order valence-corrected chi connectivity index (χ2v) is 9.85. The van der Waals surface area contributed by atoms with Crippen LogP contribution in [0.5, 0.6) is 11.6 Å². The van der Waals surface area contributed by atoms with Crippen molar-refractivity contribution in [3.05, 3.63) is 86.1 Å². The minimum atomic E-state index is -1.11. The van der Waals surface area contributed by atoms with Crippen LogP contribution in [0.25, 0.3) is 0 Å². The first-order valence-corrected chi connectivity index (χ1v) is 13.5. The van der Waals surface area contributed by atoms with Crippen molar-refractivity contribution in [2.45, 2.75) is 31.6 Å². The summed E-state index contributed by atoms with van der Waals surface area (Å²) in [6.07, 6.45) is -0.187. The maximum atomic E-state index is 12.7. The van der Waals surface area contributed by atoms with Gasteiger partial charge in [-0.1, -0.05) is 23.9 Å². The molecular weight excluding hydrogens is 554 g/mol. The van der Waals surface area contributed by atoms with Gasteiger partial charge in [0.2, 0.25) is 17.7 Å². The third-order valence-corrected chi connectivity index (χ3v) is 6.91. The van der Waals surface area contributed by atoms with Gasteiger partial charge in [0.05, 0.1) is 18.8 Å². The zero-order valence-electron chi connectivity index (χ0n) is 22.1. The molecule has 2 amide bonds. The molecule has 2 aromatic carbocycles. The standard InChI is InChI=1S/C27H27N5O8S/c1-3-39-17-11-7-14(8-12-17)21(20-23(35)30-26(38)31-24(20)36)29-27-32-22(34)18(41-27)13-19(33)28-16-9-5-15(6-10-16)25(37)40-4-2/h5-12,18,21H,3-4,13H2,1-2H3,(H,28,33)(H,29,32,34)(H3,30,31,35,36,38). The number of nitrogens with zero attached hydrogens (tertiary/aromatic N) is 1. The van der Waals surface area contributed by atoms with Gasteiger partial charge in [0, 0.05) is 12.1 Å². The number of thioether (sulfide) groups is 1. The van der Waals surface area contributed by atoms with Crippen LogP contribution in [0.3, 0.4) is 0 Å². The molecule has 13 nitrogen and oxygen atoms in total. The number of aromatic nitrogens is 2. The molecule has 0 spiro atoms. The number of ether oxygens (including phenoxy) is 2. The van der Waals surface area contributed by atoms with E-state index in [-0.39, 0.29) is 23.8 Å². The van der Waals surface area contributed by atoms with Gasteiger partial charge in [0.15, 0.2) is 5.17 Å². The highest BCUT2D eigenvalue weighted by molar-refractivity contribution is 8.15. The zero-order valence-corrected chi connectivity index (χ0v) is 22.9. The van der Waals surface area contributed by atoms with Crippen LogP contribution in [-0.4, -0.2) is 56.5 Å². The van der Waals surface area contributed by atoms with Gasteiger partial charge < -0.3 is 25.2 Å². The first kappa shape index (κ1) is 29.1. The summed E-state index contributed by atoms with van der Waals surface area (Å²) in [5.74, 6) is -1.47. The SMILES string of the molecule is CCOC(=O)c1ccc(NC(=O)CC2SC(=NC(c3ccc(OCC)cc3)c3c(O)[nH]c(=O)[nH]c3=O)NC2=O)cc1. The minimum absolute atomic E-state index is 0.121. The van der Waals surface area contributed by atoms with Gasteiger partial charge in [0.25, 0.3) is 5.56 Å². The number of aromatic hydroxyl groups is 1. The molecule has 0 radical (unpaired) electrons. The van der Waals surface area contributed by atoms with E-state index in [9.17, 15) is 29.1 Å². The number of anilines is 1. The Bertz CT molecular complexity index is 1580. The van der Waals surface area contributed by atoms with E-state index in [1.165, 1.54) is 12.1 Å². The first-order chi connectivity index (χ1) is 19.7. The minimum Gasteiger partial charge on any atom is -0.494 e. The van der Waals surface area contributed by atoms with Crippen LogP contribution in [0.1, 0.15) is 47.8 Å². The number of hydrogen-bond acceptors (Lipinski definition) is 10. The molecule has 0 bridgehead atoms. The fourth-order valence-electron chi connectivity index (χ4n) is 3.96. The molecular formula is C27H27N5O8S.